The topological polar surface area (TPSA) is 77.9 Å². The first-order valence-corrected chi connectivity index (χ1v) is 9.25. The second kappa shape index (κ2) is 9.04. The molecule has 6 nitrogen and oxygen atoms in total. The Morgan fingerprint density at radius 3 is 2.00 bits per heavy atom. The SMILES string of the molecule is CC1CCN(C(=O)C2CCN(C(=O)CCCCC(=O)O)CC2)CC1. The van der Waals surface area contributed by atoms with E-state index in [1.807, 2.05) is 9.80 Å². The van der Waals surface area contributed by atoms with Gasteiger partial charge in [-0.1, -0.05) is 6.92 Å². The quantitative estimate of drug-likeness (QED) is 0.753. The minimum absolute atomic E-state index is 0.0643. The van der Waals surface area contributed by atoms with E-state index in [1.165, 1.54) is 0 Å². The van der Waals surface area contributed by atoms with Crippen LogP contribution in [0.5, 0.6) is 0 Å². The molecule has 0 aromatic heterocycles. The normalized spacial score (nSPS) is 20.2. The van der Waals surface area contributed by atoms with Crippen LogP contribution < -0.4 is 0 Å². The van der Waals surface area contributed by atoms with Crippen molar-refractivity contribution >= 4 is 17.8 Å². The lowest BCUT2D eigenvalue weighted by Crippen LogP contribution is -2.46. The molecule has 136 valence electrons. The van der Waals surface area contributed by atoms with Crippen LogP contribution in [0.4, 0.5) is 0 Å². The van der Waals surface area contributed by atoms with Gasteiger partial charge in [-0.25, -0.2) is 0 Å². The standard InChI is InChI=1S/C18H30N2O4/c1-14-6-10-20(11-7-14)18(24)15-8-12-19(13-9-15)16(21)4-2-3-5-17(22)23/h14-15H,2-13H2,1H3,(H,22,23). The van der Waals surface area contributed by atoms with E-state index in [-0.39, 0.29) is 24.2 Å². The average Bonchev–Trinajstić information content (AvgIpc) is 2.58. The Kier molecular flexibility index (Phi) is 7.06. The van der Waals surface area contributed by atoms with Crippen molar-refractivity contribution in [2.24, 2.45) is 11.8 Å². The van der Waals surface area contributed by atoms with Gasteiger partial charge in [-0.05, 0) is 44.4 Å². The van der Waals surface area contributed by atoms with Gasteiger partial charge in [0.25, 0.3) is 0 Å². The Labute approximate surface area is 144 Å². The Morgan fingerprint density at radius 2 is 1.42 bits per heavy atom. The lowest BCUT2D eigenvalue weighted by atomic mass is 9.92. The van der Waals surface area contributed by atoms with Crippen LogP contribution in [0.2, 0.25) is 0 Å². The molecule has 2 rings (SSSR count). The van der Waals surface area contributed by atoms with Crippen molar-refractivity contribution in [1.29, 1.82) is 0 Å². The summed E-state index contributed by atoms with van der Waals surface area (Å²) in [7, 11) is 0. The Morgan fingerprint density at radius 1 is 0.875 bits per heavy atom. The number of rotatable bonds is 6. The van der Waals surface area contributed by atoms with E-state index in [0.29, 0.717) is 32.4 Å². The summed E-state index contributed by atoms with van der Waals surface area (Å²) in [6.45, 7) is 5.30. The summed E-state index contributed by atoms with van der Waals surface area (Å²) in [5.74, 6) is 0.339. The largest absolute Gasteiger partial charge is 0.481 e. The highest BCUT2D eigenvalue weighted by atomic mass is 16.4. The predicted octanol–water partition coefficient (Wildman–Crippen LogP) is 2.13. The molecule has 2 aliphatic rings. The van der Waals surface area contributed by atoms with Gasteiger partial charge in [0.1, 0.15) is 0 Å². The number of carbonyl (C=O) groups excluding carboxylic acids is 2. The van der Waals surface area contributed by atoms with E-state index in [4.69, 9.17) is 5.11 Å². The fourth-order valence-corrected chi connectivity index (χ4v) is 3.57. The molecule has 1 N–H and O–H groups in total. The van der Waals surface area contributed by atoms with Crippen molar-refractivity contribution in [3.8, 4) is 0 Å². The number of hydrogen-bond donors (Lipinski definition) is 1. The van der Waals surface area contributed by atoms with Crippen LogP contribution in [0.25, 0.3) is 0 Å². The van der Waals surface area contributed by atoms with E-state index >= 15 is 0 Å². The van der Waals surface area contributed by atoms with Crippen LogP contribution in [0.1, 0.15) is 58.3 Å². The summed E-state index contributed by atoms with van der Waals surface area (Å²) in [6.07, 6.45) is 5.41. The van der Waals surface area contributed by atoms with Gasteiger partial charge < -0.3 is 14.9 Å². The molecule has 0 spiro atoms. The van der Waals surface area contributed by atoms with Crippen LogP contribution in [-0.2, 0) is 14.4 Å². The van der Waals surface area contributed by atoms with Gasteiger partial charge in [-0.15, -0.1) is 0 Å². The third-order valence-corrected chi connectivity index (χ3v) is 5.32. The Balaban J connectivity index is 1.68. The van der Waals surface area contributed by atoms with Gasteiger partial charge in [0.05, 0.1) is 0 Å². The number of piperidine rings is 2. The fraction of sp³-hybridized carbons (Fsp3) is 0.833. The number of likely N-dealkylation sites (tertiary alicyclic amines) is 2. The minimum atomic E-state index is -0.811. The molecule has 6 heteroatoms. The molecular weight excluding hydrogens is 308 g/mol. The van der Waals surface area contributed by atoms with Crippen molar-refractivity contribution < 1.29 is 19.5 Å². The fourth-order valence-electron chi connectivity index (χ4n) is 3.57. The summed E-state index contributed by atoms with van der Waals surface area (Å²) >= 11 is 0. The summed E-state index contributed by atoms with van der Waals surface area (Å²) < 4.78 is 0. The van der Waals surface area contributed by atoms with Crippen LogP contribution >= 0.6 is 0 Å². The van der Waals surface area contributed by atoms with Crippen molar-refractivity contribution in [1.82, 2.24) is 9.80 Å². The van der Waals surface area contributed by atoms with Crippen molar-refractivity contribution in [2.45, 2.75) is 58.3 Å². The number of carboxylic acids is 1. The van der Waals surface area contributed by atoms with Gasteiger partial charge in [0.15, 0.2) is 0 Å². The molecule has 2 saturated heterocycles. The first kappa shape index (κ1) is 18.7. The summed E-state index contributed by atoms with van der Waals surface area (Å²) in [6, 6.07) is 0. The van der Waals surface area contributed by atoms with Gasteiger partial charge in [-0.2, -0.15) is 0 Å². The number of carbonyl (C=O) groups is 3. The van der Waals surface area contributed by atoms with Crippen LogP contribution in [0.15, 0.2) is 0 Å². The van der Waals surface area contributed by atoms with Crippen molar-refractivity contribution in [2.75, 3.05) is 26.2 Å². The molecule has 2 aliphatic heterocycles. The molecule has 0 radical (unpaired) electrons. The lowest BCUT2D eigenvalue weighted by molar-refractivity contribution is -0.141. The molecule has 0 aromatic rings. The lowest BCUT2D eigenvalue weighted by Gasteiger charge is -2.36. The first-order valence-electron chi connectivity index (χ1n) is 9.25. The van der Waals surface area contributed by atoms with Crippen molar-refractivity contribution in [3.63, 3.8) is 0 Å². The maximum Gasteiger partial charge on any atom is 0.303 e. The Hall–Kier alpha value is -1.59. The maximum absolute atomic E-state index is 12.6. The first-order chi connectivity index (χ1) is 11.5. The van der Waals surface area contributed by atoms with Gasteiger partial charge in [0, 0.05) is 44.9 Å². The Bertz CT molecular complexity index is 450. The second-order valence-corrected chi connectivity index (χ2v) is 7.26. The zero-order valence-electron chi connectivity index (χ0n) is 14.7. The maximum atomic E-state index is 12.6. The minimum Gasteiger partial charge on any atom is -0.481 e. The smallest absolute Gasteiger partial charge is 0.303 e. The molecule has 0 atom stereocenters. The van der Waals surface area contributed by atoms with Crippen molar-refractivity contribution in [3.05, 3.63) is 0 Å². The number of amides is 2. The molecular formula is C18H30N2O4. The van der Waals surface area contributed by atoms with Gasteiger partial charge in [0.2, 0.25) is 11.8 Å². The van der Waals surface area contributed by atoms with E-state index in [1.54, 1.807) is 0 Å². The zero-order valence-corrected chi connectivity index (χ0v) is 14.7. The monoisotopic (exact) mass is 338 g/mol. The summed E-state index contributed by atoms with van der Waals surface area (Å²) in [4.78, 5) is 39.0. The van der Waals surface area contributed by atoms with Crippen LogP contribution in [0.3, 0.4) is 0 Å². The number of aliphatic carboxylic acids is 1. The third-order valence-electron chi connectivity index (χ3n) is 5.32. The highest BCUT2D eigenvalue weighted by molar-refractivity contribution is 5.80. The van der Waals surface area contributed by atoms with E-state index < -0.39 is 5.97 Å². The molecule has 0 aliphatic carbocycles. The van der Waals surface area contributed by atoms with E-state index in [2.05, 4.69) is 6.92 Å². The molecule has 0 aromatic carbocycles. The van der Waals surface area contributed by atoms with Gasteiger partial charge >= 0.3 is 5.97 Å². The van der Waals surface area contributed by atoms with Crippen LogP contribution in [0, 0.1) is 11.8 Å². The molecule has 2 amide bonds. The highest BCUT2D eigenvalue weighted by Crippen LogP contribution is 2.24. The molecule has 0 unspecified atom stereocenters. The number of unbranched alkanes of at least 4 members (excludes halogenated alkanes) is 1. The third kappa shape index (κ3) is 5.49. The molecule has 24 heavy (non-hydrogen) atoms. The predicted molar refractivity (Wildman–Crippen MR) is 90.4 cm³/mol. The molecule has 0 bridgehead atoms. The molecule has 0 saturated carbocycles. The summed E-state index contributed by atoms with van der Waals surface area (Å²) in [5.41, 5.74) is 0. The molecule has 2 heterocycles. The van der Waals surface area contributed by atoms with E-state index in [0.717, 1.165) is 44.7 Å². The number of carboxylic acid groups (broad SMARTS) is 1. The average molecular weight is 338 g/mol. The van der Waals surface area contributed by atoms with Crippen LogP contribution in [-0.4, -0.2) is 58.9 Å². The highest BCUT2D eigenvalue weighted by Gasteiger charge is 2.31. The summed E-state index contributed by atoms with van der Waals surface area (Å²) in [5, 5.41) is 8.60. The van der Waals surface area contributed by atoms with Gasteiger partial charge in [-0.3, -0.25) is 14.4 Å². The number of nitrogens with zero attached hydrogens (tertiary/aromatic N) is 2. The number of hydrogen-bond acceptors (Lipinski definition) is 3. The second-order valence-electron chi connectivity index (χ2n) is 7.26. The molecule has 2 fully saturated rings. The zero-order chi connectivity index (χ0) is 17.5. The van der Waals surface area contributed by atoms with E-state index in [9.17, 15) is 14.4 Å².